The number of rotatable bonds is 3. The lowest BCUT2D eigenvalue weighted by Gasteiger charge is -2.37. The first-order valence-electron chi connectivity index (χ1n) is 7.81. The quantitative estimate of drug-likeness (QED) is 0.836. The predicted molar refractivity (Wildman–Crippen MR) is 86.6 cm³/mol. The molecule has 1 aliphatic rings. The molecule has 1 saturated carbocycles. The molecule has 112 valence electrons. The second kappa shape index (κ2) is 6.07. The maximum Gasteiger partial charge on any atom is 0.119 e. The van der Waals surface area contributed by atoms with E-state index >= 15 is 0 Å². The average Bonchev–Trinajstić information content (AvgIpc) is 2.40. The summed E-state index contributed by atoms with van der Waals surface area (Å²) in [6.07, 6.45) is 5.26. The molecule has 1 N–H and O–H groups in total. The summed E-state index contributed by atoms with van der Waals surface area (Å²) < 4.78 is 5.26. The number of methoxy groups -OCH3 is 1. The Labute approximate surface area is 123 Å². The van der Waals surface area contributed by atoms with Crippen LogP contribution in [0.5, 0.6) is 5.75 Å². The zero-order valence-corrected chi connectivity index (χ0v) is 13.6. The highest BCUT2D eigenvalue weighted by Crippen LogP contribution is 2.38. The van der Waals surface area contributed by atoms with Crippen molar-refractivity contribution in [2.75, 3.05) is 12.4 Å². The van der Waals surface area contributed by atoms with E-state index in [1.807, 2.05) is 6.07 Å². The first-order chi connectivity index (χ1) is 9.40. The molecule has 0 atom stereocenters. The van der Waals surface area contributed by atoms with Crippen LogP contribution in [0.3, 0.4) is 0 Å². The van der Waals surface area contributed by atoms with Crippen LogP contribution < -0.4 is 10.1 Å². The van der Waals surface area contributed by atoms with E-state index in [1.165, 1.54) is 36.9 Å². The monoisotopic (exact) mass is 275 g/mol. The third-order valence-corrected chi connectivity index (χ3v) is 4.75. The van der Waals surface area contributed by atoms with Gasteiger partial charge in [0.15, 0.2) is 0 Å². The fourth-order valence-electron chi connectivity index (χ4n) is 3.25. The minimum absolute atomic E-state index is 0.459. The van der Waals surface area contributed by atoms with Gasteiger partial charge in [0.25, 0.3) is 0 Å². The topological polar surface area (TPSA) is 21.3 Å². The van der Waals surface area contributed by atoms with E-state index in [4.69, 9.17) is 4.74 Å². The van der Waals surface area contributed by atoms with Gasteiger partial charge in [-0.05, 0) is 67.7 Å². The van der Waals surface area contributed by atoms with E-state index in [2.05, 4.69) is 45.1 Å². The third-order valence-electron chi connectivity index (χ3n) is 4.75. The first kappa shape index (κ1) is 15.2. The number of aryl methyl sites for hydroxylation is 1. The van der Waals surface area contributed by atoms with E-state index < -0.39 is 0 Å². The lowest BCUT2D eigenvalue weighted by molar-refractivity contribution is 0.173. The third kappa shape index (κ3) is 3.68. The van der Waals surface area contributed by atoms with Crippen molar-refractivity contribution >= 4 is 5.69 Å². The number of benzene rings is 1. The molecule has 0 spiro atoms. The summed E-state index contributed by atoms with van der Waals surface area (Å²) in [5.41, 5.74) is 2.98. The van der Waals surface area contributed by atoms with Crippen molar-refractivity contribution in [3.05, 3.63) is 23.8 Å². The van der Waals surface area contributed by atoms with Crippen molar-refractivity contribution in [2.24, 2.45) is 11.3 Å². The maximum absolute atomic E-state index is 5.26. The van der Waals surface area contributed by atoms with Crippen molar-refractivity contribution in [2.45, 2.75) is 59.4 Å². The number of nitrogens with one attached hydrogen (secondary N) is 1. The van der Waals surface area contributed by atoms with E-state index in [0.717, 1.165) is 11.7 Å². The van der Waals surface area contributed by atoms with Gasteiger partial charge in [0.05, 0.1) is 7.11 Å². The molecular formula is C18H29NO. The molecule has 1 fully saturated rings. The highest BCUT2D eigenvalue weighted by molar-refractivity contribution is 5.54. The summed E-state index contributed by atoms with van der Waals surface area (Å²) in [5.74, 6) is 1.81. The van der Waals surface area contributed by atoms with Gasteiger partial charge in [-0.25, -0.2) is 0 Å². The van der Waals surface area contributed by atoms with Crippen molar-refractivity contribution < 1.29 is 4.74 Å². The maximum atomic E-state index is 5.26. The van der Waals surface area contributed by atoms with Crippen LogP contribution in [0.15, 0.2) is 18.2 Å². The minimum atomic E-state index is 0.459. The van der Waals surface area contributed by atoms with Crippen LogP contribution in [-0.4, -0.2) is 13.2 Å². The summed E-state index contributed by atoms with van der Waals surface area (Å²) in [5, 5.41) is 3.72. The summed E-state index contributed by atoms with van der Waals surface area (Å²) in [4.78, 5) is 0. The van der Waals surface area contributed by atoms with E-state index in [9.17, 15) is 0 Å². The van der Waals surface area contributed by atoms with Crippen LogP contribution in [-0.2, 0) is 0 Å². The van der Waals surface area contributed by atoms with E-state index in [-0.39, 0.29) is 0 Å². The molecule has 0 radical (unpaired) electrons. The van der Waals surface area contributed by atoms with Crippen molar-refractivity contribution in [1.29, 1.82) is 0 Å². The normalized spacial score (nSPS) is 23.4. The van der Waals surface area contributed by atoms with Gasteiger partial charge in [-0.15, -0.1) is 0 Å². The Kier molecular flexibility index (Phi) is 4.62. The van der Waals surface area contributed by atoms with Crippen LogP contribution in [0, 0.1) is 18.3 Å². The van der Waals surface area contributed by atoms with Gasteiger partial charge in [-0.3, -0.25) is 0 Å². The van der Waals surface area contributed by atoms with Gasteiger partial charge in [-0.1, -0.05) is 20.8 Å². The van der Waals surface area contributed by atoms with Crippen LogP contribution in [0.2, 0.25) is 0 Å². The molecule has 0 aromatic heterocycles. The Morgan fingerprint density at radius 2 is 1.75 bits per heavy atom. The number of anilines is 1. The molecule has 2 rings (SSSR count). The Balaban J connectivity index is 1.93. The molecule has 1 aromatic rings. The summed E-state index contributed by atoms with van der Waals surface area (Å²) in [6.45, 7) is 9.27. The molecule has 2 nitrogen and oxygen atoms in total. The summed E-state index contributed by atoms with van der Waals surface area (Å²) >= 11 is 0. The van der Waals surface area contributed by atoms with Gasteiger partial charge in [-0.2, -0.15) is 0 Å². The number of ether oxygens (including phenoxy) is 1. The standard InChI is InChI=1S/C18H29NO/c1-13-12-16(20-5)10-11-17(13)19-15-8-6-14(7-9-15)18(2,3)4/h10-12,14-15,19H,6-9H2,1-5H3. The van der Waals surface area contributed by atoms with Crippen molar-refractivity contribution in [3.8, 4) is 5.75 Å². The van der Waals surface area contributed by atoms with Gasteiger partial charge in [0.1, 0.15) is 5.75 Å². The second-order valence-electron chi connectivity index (χ2n) is 7.24. The van der Waals surface area contributed by atoms with Crippen LogP contribution in [0.25, 0.3) is 0 Å². The molecule has 1 aromatic carbocycles. The molecule has 0 bridgehead atoms. The van der Waals surface area contributed by atoms with Crippen molar-refractivity contribution in [3.63, 3.8) is 0 Å². The average molecular weight is 275 g/mol. The van der Waals surface area contributed by atoms with Crippen LogP contribution in [0.4, 0.5) is 5.69 Å². The fraction of sp³-hybridized carbons (Fsp3) is 0.667. The molecule has 2 heteroatoms. The summed E-state index contributed by atoms with van der Waals surface area (Å²) in [7, 11) is 1.72. The SMILES string of the molecule is COc1ccc(NC2CCC(C(C)(C)C)CC2)c(C)c1. The fourth-order valence-corrected chi connectivity index (χ4v) is 3.25. The van der Waals surface area contributed by atoms with E-state index in [0.29, 0.717) is 11.5 Å². The zero-order chi connectivity index (χ0) is 14.8. The van der Waals surface area contributed by atoms with Crippen molar-refractivity contribution in [1.82, 2.24) is 0 Å². The Hall–Kier alpha value is -1.18. The lowest BCUT2D eigenvalue weighted by Crippen LogP contribution is -2.31. The molecule has 1 aliphatic carbocycles. The molecule has 0 unspecified atom stereocenters. The molecule has 0 heterocycles. The Morgan fingerprint density at radius 3 is 2.25 bits per heavy atom. The minimum Gasteiger partial charge on any atom is -0.497 e. The molecule has 20 heavy (non-hydrogen) atoms. The zero-order valence-electron chi connectivity index (χ0n) is 13.6. The molecule has 0 saturated heterocycles. The Morgan fingerprint density at radius 1 is 1.10 bits per heavy atom. The van der Waals surface area contributed by atoms with E-state index in [1.54, 1.807) is 7.11 Å². The molecule has 0 aliphatic heterocycles. The van der Waals surface area contributed by atoms with Crippen LogP contribution >= 0.6 is 0 Å². The number of hydrogen-bond donors (Lipinski definition) is 1. The second-order valence-corrected chi connectivity index (χ2v) is 7.24. The highest BCUT2D eigenvalue weighted by Gasteiger charge is 2.29. The Bertz CT molecular complexity index is 439. The largest absolute Gasteiger partial charge is 0.497 e. The van der Waals surface area contributed by atoms with Gasteiger partial charge in [0.2, 0.25) is 0 Å². The van der Waals surface area contributed by atoms with Gasteiger partial charge >= 0.3 is 0 Å². The van der Waals surface area contributed by atoms with Gasteiger partial charge < -0.3 is 10.1 Å². The summed E-state index contributed by atoms with van der Waals surface area (Å²) in [6, 6.07) is 6.91. The van der Waals surface area contributed by atoms with Gasteiger partial charge in [0, 0.05) is 11.7 Å². The molecule has 0 amide bonds. The lowest BCUT2D eigenvalue weighted by atomic mass is 9.71. The molecular weight excluding hydrogens is 246 g/mol. The predicted octanol–water partition coefficient (Wildman–Crippen LogP) is 5.02. The smallest absolute Gasteiger partial charge is 0.119 e. The highest BCUT2D eigenvalue weighted by atomic mass is 16.5. The van der Waals surface area contributed by atoms with Crippen LogP contribution in [0.1, 0.15) is 52.0 Å². The number of hydrogen-bond acceptors (Lipinski definition) is 2. The first-order valence-corrected chi connectivity index (χ1v) is 7.81.